The molecule has 110 valence electrons. The van der Waals surface area contributed by atoms with Crippen LogP contribution in [0.4, 0.5) is 10.5 Å². The third-order valence-electron chi connectivity index (χ3n) is 2.67. The fourth-order valence-corrected chi connectivity index (χ4v) is 2.00. The molecule has 0 aliphatic carbocycles. The molecule has 0 bridgehead atoms. The Morgan fingerprint density at radius 1 is 1.38 bits per heavy atom. The molecule has 1 aromatic carbocycles. The zero-order valence-electron chi connectivity index (χ0n) is 11.1. The van der Waals surface area contributed by atoms with E-state index in [-0.39, 0.29) is 22.8 Å². The highest BCUT2D eigenvalue weighted by Crippen LogP contribution is 2.24. The van der Waals surface area contributed by atoms with E-state index in [0.717, 1.165) is 0 Å². The molecule has 21 heavy (non-hydrogen) atoms. The van der Waals surface area contributed by atoms with Crippen LogP contribution in [-0.4, -0.2) is 26.9 Å². The van der Waals surface area contributed by atoms with Crippen molar-refractivity contribution in [3.8, 4) is 0 Å². The van der Waals surface area contributed by atoms with Gasteiger partial charge < -0.3 is 15.7 Å². The summed E-state index contributed by atoms with van der Waals surface area (Å²) in [6.45, 7) is 0.232. The first-order valence-electron chi connectivity index (χ1n) is 6.02. The summed E-state index contributed by atoms with van der Waals surface area (Å²) >= 11 is 5.82. The Balaban J connectivity index is 2.03. The van der Waals surface area contributed by atoms with E-state index in [9.17, 15) is 9.59 Å². The van der Waals surface area contributed by atoms with Gasteiger partial charge in [0.15, 0.2) is 0 Å². The molecule has 0 radical (unpaired) electrons. The molecule has 0 spiro atoms. The molecule has 1 aromatic heterocycles. The minimum absolute atomic E-state index is 0.0602. The number of amides is 2. The number of nitrogens with one attached hydrogen (secondary N) is 2. The van der Waals surface area contributed by atoms with Crippen molar-refractivity contribution in [1.29, 1.82) is 0 Å². The predicted octanol–water partition coefficient (Wildman–Crippen LogP) is 2.09. The summed E-state index contributed by atoms with van der Waals surface area (Å²) in [4.78, 5) is 22.9. The van der Waals surface area contributed by atoms with Crippen molar-refractivity contribution in [2.24, 2.45) is 7.05 Å². The molecule has 2 amide bonds. The molecule has 0 fully saturated rings. The smallest absolute Gasteiger partial charge is 0.339 e. The molecule has 0 saturated carbocycles. The lowest BCUT2D eigenvalue weighted by Gasteiger charge is -2.10. The molecule has 0 aliphatic rings. The van der Waals surface area contributed by atoms with Crippen LogP contribution in [0.2, 0.25) is 5.02 Å². The van der Waals surface area contributed by atoms with E-state index in [1.807, 2.05) is 0 Å². The van der Waals surface area contributed by atoms with E-state index in [0.29, 0.717) is 5.69 Å². The van der Waals surface area contributed by atoms with Crippen LogP contribution >= 0.6 is 11.6 Å². The first kappa shape index (κ1) is 14.9. The summed E-state index contributed by atoms with van der Waals surface area (Å²) in [6.07, 6.45) is 1.76. The Bertz CT molecular complexity index is 684. The number of carbonyl (C=O) groups is 2. The van der Waals surface area contributed by atoms with Gasteiger partial charge in [-0.1, -0.05) is 17.7 Å². The summed E-state index contributed by atoms with van der Waals surface area (Å²) < 4.78 is 1.62. The van der Waals surface area contributed by atoms with Crippen molar-refractivity contribution in [3.05, 3.63) is 46.7 Å². The number of aromatic carboxylic acids is 1. The average Bonchev–Trinajstić information content (AvgIpc) is 2.82. The Morgan fingerprint density at radius 2 is 2.14 bits per heavy atom. The third-order valence-corrected chi connectivity index (χ3v) is 2.99. The van der Waals surface area contributed by atoms with Crippen LogP contribution in [0, 0.1) is 0 Å². The van der Waals surface area contributed by atoms with Gasteiger partial charge in [-0.25, -0.2) is 9.59 Å². The van der Waals surface area contributed by atoms with Crippen molar-refractivity contribution in [2.75, 3.05) is 5.32 Å². The quantitative estimate of drug-likeness (QED) is 0.805. The number of urea groups is 1. The summed E-state index contributed by atoms with van der Waals surface area (Å²) in [7, 11) is 1.77. The standard InChI is InChI=1S/C13H13ClN4O3/c1-18-6-5-8(17-18)7-15-13(21)16-10-4-2-3-9(14)11(10)12(19)20/h2-6H,7H2,1H3,(H,19,20)(H2,15,16,21). The number of aryl methyl sites for hydroxylation is 1. The van der Waals surface area contributed by atoms with E-state index >= 15 is 0 Å². The predicted molar refractivity (Wildman–Crippen MR) is 77.5 cm³/mol. The maximum Gasteiger partial charge on any atom is 0.339 e. The number of carbonyl (C=O) groups excluding carboxylic acids is 1. The molecule has 1 heterocycles. The Kier molecular flexibility index (Phi) is 4.44. The van der Waals surface area contributed by atoms with Gasteiger partial charge in [0.05, 0.1) is 22.9 Å². The van der Waals surface area contributed by atoms with Gasteiger partial charge in [0.2, 0.25) is 0 Å². The van der Waals surface area contributed by atoms with Gasteiger partial charge in [-0.2, -0.15) is 5.10 Å². The molecule has 7 nitrogen and oxygen atoms in total. The minimum Gasteiger partial charge on any atom is -0.478 e. The van der Waals surface area contributed by atoms with E-state index in [2.05, 4.69) is 15.7 Å². The number of carboxylic acids is 1. The van der Waals surface area contributed by atoms with Crippen molar-refractivity contribution >= 4 is 29.3 Å². The fraction of sp³-hybridized carbons (Fsp3) is 0.154. The summed E-state index contributed by atoms with van der Waals surface area (Å²) in [5, 5.41) is 18.3. The van der Waals surface area contributed by atoms with Gasteiger partial charge in [0, 0.05) is 13.2 Å². The van der Waals surface area contributed by atoms with Crippen LogP contribution in [0.25, 0.3) is 0 Å². The van der Waals surface area contributed by atoms with Crippen LogP contribution in [0.5, 0.6) is 0 Å². The summed E-state index contributed by atoms with van der Waals surface area (Å²) in [5.41, 5.74) is 0.679. The SMILES string of the molecule is Cn1ccc(CNC(=O)Nc2cccc(Cl)c2C(=O)O)n1. The van der Waals surface area contributed by atoms with Gasteiger partial charge in [0.1, 0.15) is 5.56 Å². The molecular formula is C13H13ClN4O3. The molecular weight excluding hydrogens is 296 g/mol. The Labute approximate surface area is 125 Å². The highest BCUT2D eigenvalue weighted by Gasteiger charge is 2.16. The zero-order chi connectivity index (χ0) is 15.4. The Morgan fingerprint density at radius 3 is 2.76 bits per heavy atom. The molecule has 8 heteroatoms. The van der Waals surface area contributed by atoms with Crippen LogP contribution < -0.4 is 10.6 Å². The zero-order valence-corrected chi connectivity index (χ0v) is 11.9. The largest absolute Gasteiger partial charge is 0.478 e. The number of benzene rings is 1. The highest BCUT2D eigenvalue weighted by atomic mass is 35.5. The summed E-state index contributed by atoms with van der Waals surface area (Å²) in [5.74, 6) is -1.21. The molecule has 2 rings (SSSR count). The van der Waals surface area contributed by atoms with Crippen molar-refractivity contribution in [3.63, 3.8) is 0 Å². The highest BCUT2D eigenvalue weighted by molar-refractivity contribution is 6.34. The number of anilines is 1. The van der Waals surface area contributed by atoms with Crippen LogP contribution in [-0.2, 0) is 13.6 Å². The van der Waals surface area contributed by atoms with Crippen LogP contribution in [0.15, 0.2) is 30.5 Å². The molecule has 0 saturated heterocycles. The Hall–Kier alpha value is -2.54. The minimum atomic E-state index is -1.21. The van der Waals surface area contributed by atoms with Gasteiger partial charge in [0.25, 0.3) is 0 Å². The van der Waals surface area contributed by atoms with Gasteiger partial charge >= 0.3 is 12.0 Å². The monoisotopic (exact) mass is 308 g/mol. The number of halogens is 1. The van der Waals surface area contributed by atoms with Crippen molar-refractivity contribution in [1.82, 2.24) is 15.1 Å². The number of carboxylic acid groups (broad SMARTS) is 1. The lowest BCUT2D eigenvalue weighted by Crippen LogP contribution is -2.29. The first-order chi connectivity index (χ1) is 9.97. The number of nitrogens with zero attached hydrogens (tertiary/aromatic N) is 2. The van der Waals surface area contributed by atoms with E-state index in [4.69, 9.17) is 16.7 Å². The van der Waals surface area contributed by atoms with E-state index in [1.54, 1.807) is 30.1 Å². The van der Waals surface area contributed by atoms with Gasteiger partial charge in [-0.15, -0.1) is 0 Å². The average molecular weight is 309 g/mol. The second kappa shape index (κ2) is 6.27. The molecule has 0 atom stereocenters. The second-order valence-electron chi connectivity index (χ2n) is 4.26. The molecule has 0 unspecified atom stereocenters. The first-order valence-corrected chi connectivity index (χ1v) is 6.40. The molecule has 3 N–H and O–H groups in total. The normalized spacial score (nSPS) is 10.2. The second-order valence-corrected chi connectivity index (χ2v) is 4.66. The van der Waals surface area contributed by atoms with Crippen LogP contribution in [0.3, 0.4) is 0 Å². The number of hydrogen-bond donors (Lipinski definition) is 3. The number of hydrogen-bond acceptors (Lipinski definition) is 3. The van der Waals surface area contributed by atoms with Crippen LogP contribution in [0.1, 0.15) is 16.1 Å². The molecule has 0 aliphatic heterocycles. The van der Waals surface area contributed by atoms with Gasteiger partial charge in [-0.3, -0.25) is 4.68 Å². The van der Waals surface area contributed by atoms with Crippen molar-refractivity contribution in [2.45, 2.75) is 6.54 Å². The third kappa shape index (κ3) is 3.73. The lowest BCUT2D eigenvalue weighted by atomic mass is 10.2. The fourth-order valence-electron chi connectivity index (χ4n) is 1.74. The van der Waals surface area contributed by atoms with E-state index in [1.165, 1.54) is 12.1 Å². The van der Waals surface area contributed by atoms with Gasteiger partial charge in [-0.05, 0) is 18.2 Å². The molecule has 2 aromatic rings. The van der Waals surface area contributed by atoms with E-state index < -0.39 is 12.0 Å². The lowest BCUT2D eigenvalue weighted by molar-refractivity contribution is 0.0698. The number of aromatic nitrogens is 2. The maximum absolute atomic E-state index is 11.8. The maximum atomic E-state index is 11.8. The van der Waals surface area contributed by atoms with Crippen molar-refractivity contribution < 1.29 is 14.7 Å². The summed E-state index contributed by atoms with van der Waals surface area (Å²) in [6, 6.07) is 5.70. The topological polar surface area (TPSA) is 96.2 Å². The number of rotatable bonds is 4.